The Bertz CT molecular complexity index is 1520. The number of aryl methyl sites for hydroxylation is 2. The van der Waals surface area contributed by atoms with Crippen molar-refractivity contribution >= 4 is 27.3 Å². The highest BCUT2D eigenvalue weighted by Gasteiger charge is 2.35. The molecule has 0 aliphatic carbocycles. The third-order valence-electron chi connectivity index (χ3n) is 5.23. The summed E-state index contributed by atoms with van der Waals surface area (Å²) in [6.45, 7) is 3.61. The highest BCUT2D eigenvalue weighted by atomic mass is 35.5. The number of alkyl halides is 3. The van der Waals surface area contributed by atoms with Crippen LogP contribution in [-0.4, -0.2) is 18.2 Å². The molecule has 35 heavy (non-hydrogen) atoms. The number of halogens is 5. The Labute approximate surface area is 204 Å². The molecule has 1 heterocycles. The lowest BCUT2D eigenvalue weighted by molar-refractivity contribution is -0.141. The molecule has 0 atom stereocenters. The molecule has 0 aliphatic rings. The van der Waals surface area contributed by atoms with Crippen LogP contribution in [0.2, 0.25) is 5.02 Å². The van der Waals surface area contributed by atoms with Crippen LogP contribution < -0.4 is 4.72 Å². The minimum atomic E-state index is -4.67. The lowest BCUT2D eigenvalue weighted by Gasteiger charge is -2.12. The van der Waals surface area contributed by atoms with Gasteiger partial charge in [-0.3, -0.25) is 4.72 Å². The normalized spacial score (nSPS) is 12.1. The number of benzene rings is 3. The van der Waals surface area contributed by atoms with E-state index < -0.39 is 27.7 Å². The summed E-state index contributed by atoms with van der Waals surface area (Å²) in [6, 6.07) is 14.9. The van der Waals surface area contributed by atoms with Crippen molar-refractivity contribution in [1.82, 2.24) is 9.78 Å². The van der Waals surface area contributed by atoms with Gasteiger partial charge in [0, 0.05) is 5.56 Å². The number of aromatic nitrogens is 2. The van der Waals surface area contributed by atoms with Gasteiger partial charge in [0.1, 0.15) is 5.82 Å². The van der Waals surface area contributed by atoms with Crippen LogP contribution in [0.3, 0.4) is 0 Å². The summed E-state index contributed by atoms with van der Waals surface area (Å²) in [4.78, 5) is -0.154. The largest absolute Gasteiger partial charge is 0.435 e. The zero-order valence-electron chi connectivity index (χ0n) is 18.4. The van der Waals surface area contributed by atoms with Crippen molar-refractivity contribution in [3.8, 4) is 16.9 Å². The van der Waals surface area contributed by atoms with Gasteiger partial charge in [-0.2, -0.15) is 18.3 Å². The Balaban J connectivity index is 1.74. The molecule has 0 fully saturated rings. The molecule has 0 bridgehead atoms. The Morgan fingerprint density at radius 3 is 2.26 bits per heavy atom. The summed E-state index contributed by atoms with van der Waals surface area (Å²) < 4.78 is 82.7. The molecule has 0 spiro atoms. The number of nitrogens with one attached hydrogen (secondary N) is 1. The fourth-order valence-electron chi connectivity index (χ4n) is 3.46. The number of rotatable bonds is 5. The molecule has 4 aromatic rings. The zero-order chi connectivity index (χ0) is 25.5. The average Bonchev–Trinajstić information content (AvgIpc) is 3.24. The average molecular weight is 524 g/mol. The van der Waals surface area contributed by atoms with Gasteiger partial charge in [-0.1, -0.05) is 29.3 Å². The molecule has 0 unspecified atom stereocenters. The molecule has 0 radical (unpaired) electrons. The van der Waals surface area contributed by atoms with E-state index in [1.54, 1.807) is 19.1 Å². The van der Waals surface area contributed by atoms with Crippen LogP contribution in [-0.2, 0) is 16.2 Å². The van der Waals surface area contributed by atoms with E-state index in [2.05, 4.69) is 9.82 Å². The van der Waals surface area contributed by atoms with Gasteiger partial charge in [0.2, 0.25) is 0 Å². The second-order valence-corrected chi connectivity index (χ2v) is 9.96. The topological polar surface area (TPSA) is 64.0 Å². The van der Waals surface area contributed by atoms with Crippen LogP contribution in [0.4, 0.5) is 23.2 Å². The number of hydrogen-bond acceptors (Lipinski definition) is 3. The van der Waals surface area contributed by atoms with Gasteiger partial charge in [-0.15, -0.1) is 0 Å². The van der Waals surface area contributed by atoms with E-state index in [1.165, 1.54) is 30.3 Å². The van der Waals surface area contributed by atoms with E-state index >= 15 is 0 Å². The third kappa shape index (κ3) is 5.18. The molecular formula is C24H18ClF4N3O2S. The Morgan fingerprint density at radius 2 is 1.63 bits per heavy atom. The third-order valence-corrected chi connectivity index (χ3v) is 6.92. The first-order chi connectivity index (χ1) is 16.3. The van der Waals surface area contributed by atoms with Gasteiger partial charge >= 0.3 is 6.18 Å². The first-order valence-corrected chi connectivity index (χ1v) is 12.0. The molecule has 0 saturated carbocycles. The van der Waals surface area contributed by atoms with Gasteiger partial charge in [0.25, 0.3) is 10.0 Å². The van der Waals surface area contributed by atoms with E-state index in [0.29, 0.717) is 5.56 Å². The Morgan fingerprint density at radius 1 is 0.943 bits per heavy atom. The summed E-state index contributed by atoms with van der Waals surface area (Å²) in [5.74, 6) is -0.698. The van der Waals surface area contributed by atoms with E-state index in [1.807, 2.05) is 13.0 Å². The number of hydrogen-bond donors (Lipinski definition) is 1. The van der Waals surface area contributed by atoms with Crippen LogP contribution >= 0.6 is 11.6 Å². The highest BCUT2D eigenvalue weighted by Crippen LogP contribution is 2.35. The first kappa shape index (κ1) is 24.7. The fraction of sp³-hybridized carbons (Fsp3) is 0.125. The molecule has 5 nitrogen and oxygen atoms in total. The van der Waals surface area contributed by atoms with Gasteiger partial charge in [-0.05, 0) is 74.0 Å². The van der Waals surface area contributed by atoms with Crippen LogP contribution in [0.25, 0.3) is 16.9 Å². The van der Waals surface area contributed by atoms with Crippen molar-refractivity contribution in [3.05, 3.63) is 94.4 Å². The molecule has 11 heteroatoms. The van der Waals surface area contributed by atoms with Crippen molar-refractivity contribution < 1.29 is 26.0 Å². The van der Waals surface area contributed by atoms with Crippen molar-refractivity contribution in [1.29, 1.82) is 0 Å². The minimum absolute atomic E-state index is 0.0552. The van der Waals surface area contributed by atoms with Gasteiger partial charge in [-0.25, -0.2) is 17.5 Å². The van der Waals surface area contributed by atoms with E-state index in [0.717, 1.165) is 34.0 Å². The van der Waals surface area contributed by atoms with Crippen LogP contribution in [0.1, 0.15) is 16.8 Å². The molecule has 0 saturated heterocycles. The molecule has 1 aromatic heterocycles. The summed E-state index contributed by atoms with van der Waals surface area (Å²) in [5, 5.41) is 3.50. The molecule has 4 rings (SSSR count). The molecule has 182 valence electrons. The zero-order valence-corrected chi connectivity index (χ0v) is 19.9. The molecular weight excluding hydrogens is 506 g/mol. The van der Waals surface area contributed by atoms with E-state index in [-0.39, 0.29) is 27.0 Å². The van der Waals surface area contributed by atoms with Crippen LogP contribution in [0.5, 0.6) is 0 Å². The van der Waals surface area contributed by atoms with Gasteiger partial charge in [0.15, 0.2) is 5.69 Å². The standard InChI is InChI=1S/C24H18ClF4N3O2S/c1-14-3-4-15(2)19(11-14)22-13-23(24(27,28)29)30-32(22)17-6-8-18(9-7-17)35(33,34)31-16-5-10-21(26)20(25)12-16/h3-13,31H,1-2H3. The monoisotopic (exact) mass is 523 g/mol. The van der Waals surface area contributed by atoms with E-state index in [4.69, 9.17) is 11.6 Å². The minimum Gasteiger partial charge on any atom is -0.280 e. The fourth-order valence-corrected chi connectivity index (χ4v) is 4.69. The quantitative estimate of drug-likeness (QED) is 0.294. The predicted molar refractivity (Wildman–Crippen MR) is 126 cm³/mol. The molecule has 0 amide bonds. The predicted octanol–water partition coefficient (Wildman–Crippen LogP) is 6.77. The van der Waals surface area contributed by atoms with Crippen molar-refractivity contribution in [2.75, 3.05) is 4.72 Å². The summed E-state index contributed by atoms with van der Waals surface area (Å²) in [7, 11) is -4.08. The van der Waals surface area contributed by atoms with Crippen LogP contribution in [0.15, 0.2) is 71.6 Å². The van der Waals surface area contributed by atoms with Gasteiger partial charge < -0.3 is 0 Å². The summed E-state index contributed by atoms with van der Waals surface area (Å²) in [6.07, 6.45) is -4.67. The summed E-state index contributed by atoms with van der Waals surface area (Å²) >= 11 is 5.70. The second kappa shape index (κ2) is 9.01. The maximum absolute atomic E-state index is 13.5. The maximum atomic E-state index is 13.5. The van der Waals surface area contributed by atoms with Crippen LogP contribution in [0, 0.1) is 19.7 Å². The number of anilines is 1. The molecule has 0 aliphatic heterocycles. The number of sulfonamides is 1. The van der Waals surface area contributed by atoms with Crippen molar-refractivity contribution in [3.63, 3.8) is 0 Å². The van der Waals surface area contributed by atoms with E-state index in [9.17, 15) is 26.0 Å². The lowest BCUT2D eigenvalue weighted by atomic mass is 10.0. The van der Waals surface area contributed by atoms with Crippen molar-refractivity contribution in [2.24, 2.45) is 0 Å². The number of nitrogens with zero attached hydrogens (tertiary/aromatic N) is 2. The molecule has 3 aromatic carbocycles. The second-order valence-electron chi connectivity index (χ2n) is 7.87. The first-order valence-electron chi connectivity index (χ1n) is 10.2. The molecule has 1 N–H and O–H groups in total. The van der Waals surface area contributed by atoms with Gasteiger partial charge in [0.05, 0.1) is 27.0 Å². The maximum Gasteiger partial charge on any atom is 0.435 e. The highest BCUT2D eigenvalue weighted by molar-refractivity contribution is 7.92. The smallest absolute Gasteiger partial charge is 0.280 e. The summed E-state index contributed by atoms with van der Waals surface area (Å²) in [5.41, 5.74) is 1.62. The van der Waals surface area contributed by atoms with Crippen molar-refractivity contribution in [2.45, 2.75) is 24.9 Å². The SMILES string of the molecule is Cc1ccc(C)c(-c2cc(C(F)(F)F)nn2-c2ccc(S(=O)(=O)Nc3ccc(F)c(Cl)c3)cc2)c1. The lowest BCUT2D eigenvalue weighted by Crippen LogP contribution is -2.13. The Hall–Kier alpha value is -3.37. The Kier molecular flexibility index (Phi) is 6.37.